The lowest BCUT2D eigenvalue weighted by molar-refractivity contribution is -0.00181. The van der Waals surface area contributed by atoms with Crippen LogP contribution >= 0.6 is 0 Å². The van der Waals surface area contributed by atoms with Gasteiger partial charge in [0.15, 0.2) is 5.82 Å². The van der Waals surface area contributed by atoms with Crippen LogP contribution in [0.3, 0.4) is 0 Å². The molecule has 1 aromatic heterocycles. The van der Waals surface area contributed by atoms with Crippen LogP contribution in [0.5, 0.6) is 0 Å². The zero-order chi connectivity index (χ0) is 12.5. The number of aromatic nitrogens is 2. The molecule has 0 atom stereocenters. The van der Waals surface area contributed by atoms with Gasteiger partial charge in [-0.25, -0.2) is 0 Å². The summed E-state index contributed by atoms with van der Waals surface area (Å²) in [6.07, 6.45) is 5.60. The zero-order valence-electron chi connectivity index (χ0n) is 11.0. The van der Waals surface area contributed by atoms with E-state index >= 15 is 0 Å². The summed E-state index contributed by atoms with van der Waals surface area (Å²) in [7, 11) is 0. The first-order chi connectivity index (χ1) is 7.89. The zero-order valence-corrected chi connectivity index (χ0v) is 11.0. The van der Waals surface area contributed by atoms with Crippen molar-refractivity contribution in [3.05, 3.63) is 11.7 Å². The van der Waals surface area contributed by atoms with Crippen LogP contribution in [0.2, 0.25) is 0 Å². The molecule has 1 N–H and O–H groups in total. The van der Waals surface area contributed by atoms with Gasteiger partial charge in [0.1, 0.15) is 0 Å². The van der Waals surface area contributed by atoms with E-state index in [1.807, 2.05) is 0 Å². The lowest BCUT2D eigenvalue weighted by atomic mass is 9.82. The van der Waals surface area contributed by atoms with E-state index in [4.69, 9.17) is 4.52 Å². The second-order valence-corrected chi connectivity index (χ2v) is 6.22. The second kappa shape index (κ2) is 4.41. The molecule has 2 rings (SSSR count). The minimum Gasteiger partial charge on any atom is -0.389 e. The van der Waals surface area contributed by atoms with Gasteiger partial charge in [-0.2, -0.15) is 4.98 Å². The van der Waals surface area contributed by atoms with E-state index in [9.17, 15) is 5.11 Å². The maximum atomic E-state index is 10.4. The lowest BCUT2D eigenvalue weighted by Crippen LogP contribution is -2.33. The van der Waals surface area contributed by atoms with E-state index in [0.717, 1.165) is 25.7 Å². The Balaban J connectivity index is 2.06. The fraction of sp³-hybridized carbons (Fsp3) is 0.846. The van der Waals surface area contributed by atoms with Crippen LogP contribution in [-0.4, -0.2) is 20.8 Å². The van der Waals surface area contributed by atoms with Gasteiger partial charge in [0.2, 0.25) is 5.89 Å². The highest BCUT2D eigenvalue weighted by atomic mass is 16.5. The Kier molecular flexibility index (Phi) is 3.25. The maximum absolute atomic E-state index is 10.4. The first kappa shape index (κ1) is 12.6. The summed E-state index contributed by atoms with van der Waals surface area (Å²) in [4.78, 5) is 4.38. The first-order valence-electron chi connectivity index (χ1n) is 6.45. The molecule has 0 amide bonds. The molecule has 0 aliphatic heterocycles. The minimum absolute atomic E-state index is 0.100. The van der Waals surface area contributed by atoms with Crippen LogP contribution < -0.4 is 0 Å². The highest BCUT2D eigenvalue weighted by Crippen LogP contribution is 2.31. The first-order valence-corrected chi connectivity index (χ1v) is 6.45. The Morgan fingerprint density at radius 2 is 1.88 bits per heavy atom. The molecule has 1 heterocycles. The lowest BCUT2D eigenvalue weighted by Gasteiger charge is -2.30. The van der Waals surface area contributed by atoms with Gasteiger partial charge in [-0.1, -0.05) is 45.2 Å². The summed E-state index contributed by atoms with van der Waals surface area (Å²) in [5.74, 6) is 1.28. The van der Waals surface area contributed by atoms with Gasteiger partial charge >= 0.3 is 0 Å². The molecule has 1 aromatic rings. The summed E-state index contributed by atoms with van der Waals surface area (Å²) in [6.45, 7) is 6.16. The molecule has 0 unspecified atom stereocenters. The molecule has 0 bridgehead atoms. The van der Waals surface area contributed by atoms with E-state index < -0.39 is 5.60 Å². The van der Waals surface area contributed by atoms with E-state index in [-0.39, 0.29) is 5.41 Å². The molecule has 17 heavy (non-hydrogen) atoms. The quantitative estimate of drug-likeness (QED) is 0.860. The topological polar surface area (TPSA) is 59.2 Å². The smallest absolute Gasteiger partial charge is 0.229 e. The van der Waals surface area contributed by atoms with Crippen molar-refractivity contribution >= 4 is 0 Å². The fourth-order valence-electron chi connectivity index (χ4n) is 2.30. The van der Waals surface area contributed by atoms with E-state index in [1.54, 1.807) is 0 Å². The van der Waals surface area contributed by atoms with Crippen LogP contribution in [0.15, 0.2) is 4.52 Å². The molecular weight excluding hydrogens is 216 g/mol. The largest absolute Gasteiger partial charge is 0.389 e. The highest BCUT2D eigenvalue weighted by Gasteiger charge is 2.32. The van der Waals surface area contributed by atoms with Crippen molar-refractivity contribution in [2.24, 2.45) is 0 Å². The van der Waals surface area contributed by atoms with Crippen LogP contribution in [0.4, 0.5) is 0 Å². The van der Waals surface area contributed by atoms with Crippen molar-refractivity contribution in [3.8, 4) is 0 Å². The highest BCUT2D eigenvalue weighted by molar-refractivity contribution is 5.02. The van der Waals surface area contributed by atoms with Crippen LogP contribution in [0.25, 0.3) is 0 Å². The van der Waals surface area contributed by atoms with Gasteiger partial charge < -0.3 is 9.63 Å². The Morgan fingerprint density at radius 1 is 1.24 bits per heavy atom. The molecule has 0 radical (unpaired) electrons. The van der Waals surface area contributed by atoms with Gasteiger partial charge in [-0.05, 0) is 12.8 Å². The van der Waals surface area contributed by atoms with Gasteiger partial charge in [0, 0.05) is 5.41 Å². The van der Waals surface area contributed by atoms with Crippen LogP contribution in [-0.2, 0) is 11.8 Å². The second-order valence-electron chi connectivity index (χ2n) is 6.22. The average molecular weight is 238 g/mol. The number of nitrogens with zero attached hydrogens (tertiary/aromatic N) is 2. The van der Waals surface area contributed by atoms with E-state index in [2.05, 4.69) is 30.9 Å². The summed E-state index contributed by atoms with van der Waals surface area (Å²) in [5.41, 5.74) is -0.725. The van der Waals surface area contributed by atoms with Crippen molar-refractivity contribution < 1.29 is 9.63 Å². The molecule has 0 spiro atoms. The Hall–Kier alpha value is -0.900. The van der Waals surface area contributed by atoms with Gasteiger partial charge in [-0.3, -0.25) is 0 Å². The number of hydrogen-bond acceptors (Lipinski definition) is 4. The monoisotopic (exact) mass is 238 g/mol. The van der Waals surface area contributed by atoms with Crippen LogP contribution in [0, 0.1) is 0 Å². The predicted octanol–water partition coefficient (Wildman–Crippen LogP) is 2.60. The molecule has 1 saturated carbocycles. The summed E-state index contributed by atoms with van der Waals surface area (Å²) in [5, 5.41) is 14.4. The number of rotatable bonds is 2. The summed E-state index contributed by atoms with van der Waals surface area (Å²) in [6, 6.07) is 0. The summed E-state index contributed by atoms with van der Waals surface area (Å²) < 4.78 is 5.24. The van der Waals surface area contributed by atoms with Gasteiger partial charge in [0.25, 0.3) is 0 Å². The van der Waals surface area contributed by atoms with E-state index in [1.165, 1.54) is 6.42 Å². The third-order valence-electron chi connectivity index (χ3n) is 3.40. The molecule has 1 fully saturated rings. The van der Waals surface area contributed by atoms with Crippen molar-refractivity contribution in [1.29, 1.82) is 0 Å². The maximum Gasteiger partial charge on any atom is 0.229 e. The van der Waals surface area contributed by atoms with Crippen molar-refractivity contribution in [2.45, 2.75) is 70.3 Å². The van der Waals surface area contributed by atoms with Gasteiger partial charge in [0.05, 0.1) is 12.0 Å². The summed E-state index contributed by atoms with van der Waals surface area (Å²) >= 11 is 0. The minimum atomic E-state index is -0.625. The van der Waals surface area contributed by atoms with Crippen LogP contribution in [0.1, 0.15) is 64.6 Å². The molecule has 0 aromatic carbocycles. The third-order valence-corrected chi connectivity index (χ3v) is 3.40. The molecule has 96 valence electrons. The molecule has 1 aliphatic rings. The molecule has 4 nitrogen and oxygen atoms in total. The van der Waals surface area contributed by atoms with Crippen molar-refractivity contribution in [2.75, 3.05) is 0 Å². The van der Waals surface area contributed by atoms with E-state index in [0.29, 0.717) is 18.1 Å². The fourth-order valence-corrected chi connectivity index (χ4v) is 2.30. The normalized spacial score (nSPS) is 20.5. The standard InChI is InChI=1S/C13H22N2O2/c1-12(2,3)11-14-10(17-15-11)9-13(16)7-5-4-6-8-13/h16H,4-9H2,1-3H3. The third kappa shape index (κ3) is 3.06. The molecular formula is C13H22N2O2. The van der Waals surface area contributed by atoms with Crippen molar-refractivity contribution in [1.82, 2.24) is 10.1 Å². The Morgan fingerprint density at radius 3 is 2.41 bits per heavy atom. The molecule has 0 saturated heterocycles. The molecule has 1 aliphatic carbocycles. The predicted molar refractivity (Wildman–Crippen MR) is 64.7 cm³/mol. The Labute approximate surface area is 102 Å². The van der Waals surface area contributed by atoms with Crippen molar-refractivity contribution in [3.63, 3.8) is 0 Å². The van der Waals surface area contributed by atoms with Gasteiger partial charge in [-0.15, -0.1) is 0 Å². The SMILES string of the molecule is CC(C)(C)c1noc(CC2(O)CCCCC2)n1. The average Bonchev–Trinajstić information content (AvgIpc) is 2.66. The molecule has 4 heteroatoms. The number of hydrogen-bond donors (Lipinski definition) is 1. The Bertz CT molecular complexity index is 373. The number of aliphatic hydroxyl groups is 1.